The van der Waals surface area contributed by atoms with Crippen LogP contribution in [0.15, 0.2) is 48.5 Å². The van der Waals surface area contributed by atoms with Crippen molar-refractivity contribution >= 4 is 5.91 Å². The van der Waals surface area contributed by atoms with Gasteiger partial charge in [-0.3, -0.25) is 4.79 Å². The maximum Gasteiger partial charge on any atom is 0.251 e. The third kappa shape index (κ3) is 3.58. The molecule has 0 aromatic heterocycles. The number of carbonyl (C=O) groups is 1. The molecule has 2 rings (SSSR count). The van der Waals surface area contributed by atoms with Gasteiger partial charge in [-0.25, -0.2) is 0 Å². The molecule has 0 saturated heterocycles. The van der Waals surface area contributed by atoms with Crippen LogP contribution in [0, 0.1) is 6.92 Å². The van der Waals surface area contributed by atoms with Crippen LogP contribution in [0.4, 0.5) is 0 Å². The van der Waals surface area contributed by atoms with Crippen molar-refractivity contribution in [2.24, 2.45) is 0 Å². The van der Waals surface area contributed by atoms with E-state index in [-0.39, 0.29) is 5.91 Å². The fourth-order valence-corrected chi connectivity index (χ4v) is 1.74. The molecule has 3 nitrogen and oxygen atoms in total. The summed E-state index contributed by atoms with van der Waals surface area (Å²) in [5.41, 5.74) is 2.48. The van der Waals surface area contributed by atoms with Crippen molar-refractivity contribution in [3.63, 3.8) is 0 Å². The van der Waals surface area contributed by atoms with Gasteiger partial charge in [0.05, 0.1) is 7.11 Å². The molecule has 0 aliphatic rings. The van der Waals surface area contributed by atoms with Gasteiger partial charge in [0.1, 0.15) is 5.75 Å². The molecule has 0 atom stereocenters. The Morgan fingerprint density at radius 1 is 1.21 bits per heavy atom. The number of rotatable bonds is 4. The zero-order chi connectivity index (χ0) is 13.7. The van der Waals surface area contributed by atoms with E-state index in [1.165, 1.54) is 0 Å². The fraction of sp³-hybridized carbons (Fsp3) is 0.125. The molecule has 0 aliphatic carbocycles. The van der Waals surface area contributed by atoms with Gasteiger partial charge >= 0.3 is 0 Å². The smallest absolute Gasteiger partial charge is 0.251 e. The second kappa shape index (κ2) is 6.05. The molecule has 0 unspecified atom stereocenters. The van der Waals surface area contributed by atoms with E-state index in [1.54, 1.807) is 19.2 Å². The Balaban J connectivity index is 1.96. The molecule has 1 radical (unpaired) electrons. The third-order valence-electron chi connectivity index (χ3n) is 2.80. The topological polar surface area (TPSA) is 38.3 Å². The van der Waals surface area contributed by atoms with Crippen molar-refractivity contribution in [1.29, 1.82) is 0 Å². The molecule has 0 aliphatic heterocycles. The largest absolute Gasteiger partial charge is 0.497 e. The molecule has 19 heavy (non-hydrogen) atoms. The standard InChI is InChI=1S/C16H16NO2/c1-12-4-3-5-14(10-12)16(18)17-11-13-6-8-15(19-2)9-7-13/h3-10H,1,11H2,2H3,(H,17,18). The highest BCUT2D eigenvalue weighted by atomic mass is 16.5. The van der Waals surface area contributed by atoms with Crippen LogP contribution in [-0.4, -0.2) is 13.0 Å². The van der Waals surface area contributed by atoms with Gasteiger partial charge in [-0.15, -0.1) is 0 Å². The molecule has 0 fully saturated rings. The van der Waals surface area contributed by atoms with Crippen molar-refractivity contribution in [1.82, 2.24) is 5.32 Å². The summed E-state index contributed by atoms with van der Waals surface area (Å²) in [7, 11) is 1.63. The van der Waals surface area contributed by atoms with Gasteiger partial charge in [0.25, 0.3) is 5.91 Å². The predicted octanol–water partition coefficient (Wildman–Crippen LogP) is 2.81. The molecule has 0 saturated carbocycles. The van der Waals surface area contributed by atoms with Crippen LogP contribution in [0.2, 0.25) is 0 Å². The Bertz CT molecular complexity index is 561. The SMILES string of the molecule is [CH2]c1cccc(C(=O)NCc2ccc(OC)cc2)c1. The number of hydrogen-bond acceptors (Lipinski definition) is 2. The van der Waals surface area contributed by atoms with Crippen LogP contribution in [-0.2, 0) is 6.54 Å². The van der Waals surface area contributed by atoms with E-state index < -0.39 is 0 Å². The van der Waals surface area contributed by atoms with E-state index >= 15 is 0 Å². The Kier molecular flexibility index (Phi) is 4.18. The molecule has 97 valence electrons. The van der Waals surface area contributed by atoms with Crippen LogP contribution in [0.1, 0.15) is 21.5 Å². The first-order chi connectivity index (χ1) is 9.19. The first kappa shape index (κ1) is 13.1. The fourth-order valence-electron chi connectivity index (χ4n) is 1.74. The summed E-state index contributed by atoms with van der Waals surface area (Å²) in [5.74, 6) is 0.709. The van der Waals surface area contributed by atoms with Crippen molar-refractivity contribution in [3.8, 4) is 5.75 Å². The Hall–Kier alpha value is -2.29. The molecule has 2 aromatic rings. The minimum Gasteiger partial charge on any atom is -0.497 e. The van der Waals surface area contributed by atoms with Gasteiger partial charge in [0.2, 0.25) is 0 Å². The molecule has 0 bridgehead atoms. The van der Waals surface area contributed by atoms with E-state index in [0.717, 1.165) is 16.9 Å². The average molecular weight is 254 g/mol. The van der Waals surface area contributed by atoms with Crippen molar-refractivity contribution in [3.05, 3.63) is 72.1 Å². The third-order valence-corrected chi connectivity index (χ3v) is 2.80. The van der Waals surface area contributed by atoms with Crippen LogP contribution < -0.4 is 10.1 Å². The summed E-state index contributed by atoms with van der Waals surface area (Å²) in [4.78, 5) is 11.9. The second-order valence-corrected chi connectivity index (χ2v) is 4.23. The van der Waals surface area contributed by atoms with E-state index in [9.17, 15) is 4.79 Å². The maximum absolute atomic E-state index is 11.9. The van der Waals surface area contributed by atoms with E-state index in [1.807, 2.05) is 36.4 Å². The van der Waals surface area contributed by atoms with Crippen LogP contribution >= 0.6 is 0 Å². The number of nitrogens with one attached hydrogen (secondary N) is 1. The van der Waals surface area contributed by atoms with Gasteiger partial charge in [0, 0.05) is 12.1 Å². The lowest BCUT2D eigenvalue weighted by Crippen LogP contribution is -2.22. The summed E-state index contributed by atoms with van der Waals surface area (Å²) in [5, 5.41) is 2.87. The molecule has 1 amide bonds. The zero-order valence-electron chi connectivity index (χ0n) is 10.8. The number of ether oxygens (including phenoxy) is 1. The minimum absolute atomic E-state index is 0.0960. The van der Waals surface area contributed by atoms with Gasteiger partial charge in [-0.1, -0.05) is 24.3 Å². The normalized spacial score (nSPS) is 10.0. The zero-order valence-corrected chi connectivity index (χ0v) is 10.8. The van der Waals surface area contributed by atoms with Gasteiger partial charge in [0.15, 0.2) is 0 Å². The Labute approximate surface area is 113 Å². The number of methoxy groups -OCH3 is 1. The lowest BCUT2D eigenvalue weighted by molar-refractivity contribution is 0.0951. The van der Waals surface area contributed by atoms with Crippen LogP contribution in [0.25, 0.3) is 0 Å². The lowest BCUT2D eigenvalue weighted by Gasteiger charge is -2.07. The summed E-state index contributed by atoms with van der Waals surface area (Å²) in [6, 6.07) is 14.8. The lowest BCUT2D eigenvalue weighted by atomic mass is 10.1. The Morgan fingerprint density at radius 2 is 1.95 bits per heavy atom. The van der Waals surface area contributed by atoms with E-state index in [0.29, 0.717) is 12.1 Å². The highest BCUT2D eigenvalue weighted by Gasteiger charge is 2.04. The minimum atomic E-state index is -0.0960. The number of amides is 1. The molecule has 3 heteroatoms. The molecule has 0 spiro atoms. The highest BCUT2D eigenvalue weighted by molar-refractivity contribution is 5.94. The van der Waals surface area contributed by atoms with Crippen molar-refractivity contribution in [2.75, 3.05) is 7.11 Å². The monoisotopic (exact) mass is 254 g/mol. The first-order valence-electron chi connectivity index (χ1n) is 6.02. The van der Waals surface area contributed by atoms with Gasteiger partial charge in [-0.2, -0.15) is 0 Å². The van der Waals surface area contributed by atoms with Crippen molar-refractivity contribution in [2.45, 2.75) is 6.54 Å². The number of hydrogen-bond donors (Lipinski definition) is 1. The maximum atomic E-state index is 11.9. The molecule has 1 N–H and O–H groups in total. The van der Waals surface area contributed by atoms with Crippen LogP contribution in [0.5, 0.6) is 5.75 Å². The summed E-state index contributed by atoms with van der Waals surface area (Å²) in [6.07, 6.45) is 0. The second-order valence-electron chi connectivity index (χ2n) is 4.23. The summed E-state index contributed by atoms with van der Waals surface area (Å²) >= 11 is 0. The van der Waals surface area contributed by atoms with Gasteiger partial charge < -0.3 is 10.1 Å². The average Bonchev–Trinajstić information content (AvgIpc) is 2.45. The highest BCUT2D eigenvalue weighted by Crippen LogP contribution is 2.11. The number of benzene rings is 2. The molecular weight excluding hydrogens is 238 g/mol. The van der Waals surface area contributed by atoms with Gasteiger partial charge in [-0.05, 0) is 42.3 Å². The summed E-state index contributed by atoms with van der Waals surface area (Å²) in [6.45, 7) is 4.30. The predicted molar refractivity (Wildman–Crippen MR) is 75.1 cm³/mol. The van der Waals surface area contributed by atoms with Crippen molar-refractivity contribution < 1.29 is 9.53 Å². The molecule has 0 heterocycles. The quantitative estimate of drug-likeness (QED) is 0.911. The molecular formula is C16H16NO2. The summed E-state index contributed by atoms with van der Waals surface area (Å²) < 4.78 is 5.08. The Morgan fingerprint density at radius 3 is 2.58 bits per heavy atom. The number of carbonyl (C=O) groups excluding carboxylic acids is 1. The first-order valence-corrected chi connectivity index (χ1v) is 6.02. The molecule has 2 aromatic carbocycles. The van der Waals surface area contributed by atoms with E-state index in [4.69, 9.17) is 4.74 Å². The van der Waals surface area contributed by atoms with Crippen LogP contribution in [0.3, 0.4) is 0 Å². The van der Waals surface area contributed by atoms with E-state index in [2.05, 4.69) is 12.2 Å².